The summed E-state index contributed by atoms with van der Waals surface area (Å²) in [5.41, 5.74) is 5.12. The summed E-state index contributed by atoms with van der Waals surface area (Å²) in [6.45, 7) is 3.49. The van der Waals surface area contributed by atoms with Crippen molar-refractivity contribution in [1.29, 1.82) is 0 Å². The SMILES string of the molecule is CCCCC[C@H]1CC[C@H](c2ccc(COC(=O)c3ccc(-c4ccc5c6c(c(C(=O)OCC(=O)OOC)c(C)c5c4)C=CC(c4ccc(F)cc4)(c4ccc(F)cc4)O6)cc3)cc2)CC1. The lowest BCUT2D eigenvalue weighted by atomic mass is 9.77. The third-order valence-corrected chi connectivity index (χ3v) is 12.9. The summed E-state index contributed by atoms with van der Waals surface area (Å²) in [6.07, 6.45) is 13.8. The van der Waals surface area contributed by atoms with Crippen molar-refractivity contribution in [3.05, 3.63) is 177 Å². The van der Waals surface area contributed by atoms with E-state index in [1.54, 1.807) is 55.5 Å². The Hall–Kier alpha value is -6.65. The quantitative estimate of drug-likeness (QED) is 0.0435. The van der Waals surface area contributed by atoms with Crippen LogP contribution in [0.25, 0.3) is 28.0 Å². The minimum Gasteiger partial charge on any atom is -0.472 e. The predicted molar refractivity (Wildman–Crippen MR) is 245 cm³/mol. The van der Waals surface area contributed by atoms with Crippen LogP contribution in [0.15, 0.2) is 121 Å². The molecule has 1 aliphatic carbocycles. The van der Waals surface area contributed by atoms with Gasteiger partial charge in [-0.15, -0.1) is 0 Å². The zero-order valence-electron chi connectivity index (χ0n) is 36.9. The molecule has 0 saturated heterocycles. The number of fused-ring (bicyclic) bond motifs is 3. The molecule has 0 radical (unpaired) electrons. The van der Waals surface area contributed by atoms with Gasteiger partial charge >= 0.3 is 17.9 Å². The second-order valence-corrected chi connectivity index (χ2v) is 17.0. The molecule has 10 heteroatoms. The van der Waals surface area contributed by atoms with Gasteiger partial charge in [0.1, 0.15) is 24.0 Å². The van der Waals surface area contributed by atoms with E-state index in [4.69, 9.17) is 14.2 Å². The number of esters is 2. The fourth-order valence-corrected chi connectivity index (χ4v) is 9.33. The lowest BCUT2D eigenvalue weighted by Gasteiger charge is -2.37. The van der Waals surface area contributed by atoms with Crippen LogP contribution in [0.5, 0.6) is 5.75 Å². The van der Waals surface area contributed by atoms with Gasteiger partial charge in [-0.25, -0.2) is 23.2 Å². The standard InChI is InChI=1S/C55H52F2O8/c1-4-5-6-7-36-8-12-38(13-9-36)39-14-10-37(11-15-39)33-62-53(59)41-18-16-40(17-19-41)42-20-29-47-49(32-42)35(2)51(54(60)63-34-50(58)65-61-3)48-30-31-55(64-52(47)48,43-21-25-45(56)26-22-43)44-23-27-46(57)28-24-44/h10-11,14-32,36,38H,4-9,12-13,33-34H2,1-3H3/t36-,38-. The first kappa shape index (κ1) is 44.9. The minimum atomic E-state index is -1.36. The van der Waals surface area contributed by atoms with Crippen molar-refractivity contribution in [2.75, 3.05) is 13.7 Å². The molecular weight excluding hydrogens is 827 g/mol. The van der Waals surface area contributed by atoms with Crippen LogP contribution in [-0.2, 0) is 36.3 Å². The molecule has 1 fully saturated rings. The topological polar surface area (TPSA) is 97.4 Å². The maximum atomic E-state index is 14.3. The summed E-state index contributed by atoms with van der Waals surface area (Å²) in [6, 6.07) is 33.0. The second-order valence-electron chi connectivity index (χ2n) is 17.0. The summed E-state index contributed by atoms with van der Waals surface area (Å²) < 4.78 is 46.7. The van der Waals surface area contributed by atoms with Gasteiger partial charge in [0, 0.05) is 22.1 Å². The number of benzene rings is 6. The zero-order chi connectivity index (χ0) is 45.5. The number of rotatable bonds is 15. The van der Waals surface area contributed by atoms with Crippen molar-refractivity contribution in [2.24, 2.45) is 5.92 Å². The van der Waals surface area contributed by atoms with Crippen LogP contribution in [0.3, 0.4) is 0 Å². The highest BCUT2D eigenvalue weighted by Crippen LogP contribution is 2.48. The molecule has 0 spiro atoms. The van der Waals surface area contributed by atoms with Gasteiger partial charge < -0.3 is 14.2 Å². The monoisotopic (exact) mass is 878 g/mol. The number of ether oxygens (including phenoxy) is 3. The third-order valence-electron chi connectivity index (χ3n) is 12.9. The zero-order valence-corrected chi connectivity index (χ0v) is 36.9. The lowest BCUT2D eigenvalue weighted by molar-refractivity contribution is -0.257. The van der Waals surface area contributed by atoms with Gasteiger partial charge in [0.2, 0.25) is 0 Å². The van der Waals surface area contributed by atoms with Gasteiger partial charge in [-0.1, -0.05) is 105 Å². The molecule has 0 amide bonds. The average molecular weight is 879 g/mol. The second kappa shape index (κ2) is 20.0. The van der Waals surface area contributed by atoms with Crippen molar-refractivity contribution in [1.82, 2.24) is 0 Å². The van der Waals surface area contributed by atoms with E-state index in [-0.39, 0.29) is 12.2 Å². The van der Waals surface area contributed by atoms with Gasteiger partial charge in [0.15, 0.2) is 12.2 Å². The van der Waals surface area contributed by atoms with Crippen molar-refractivity contribution in [3.8, 4) is 16.9 Å². The molecule has 65 heavy (non-hydrogen) atoms. The molecule has 0 bridgehead atoms. The Morgan fingerprint density at radius 1 is 0.723 bits per heavy atom. The maximum absolute atomic E-state index is 14.3. The van der Waals surface area contributed by atoms with E-state index in [2.05, 4.69) is 41.0 Å². The highest BCUT2D eigenvalue weighted by molar-refractivity contribution is 6.07. The van der Waals surface area contributed by atoms with Crippen LogP contribution in [0.2, 0.25) is 0 Å². The van der Waals surface area contributed by atoms with E-state index < -0.39 is 41.8 Å². The van der Waals surface area contributed by atoms with E-state index >= 15 is 0 Å². The predicted octanol–water partition coefficient (Wildman–Crippen LogP) is 12.9. The summed E-state index contributed by atoms with van der Waals surface area (Å²) in [5, 5.41) is 1.28. The largest absolute Gasteiger partial charge is 0.472 e. The Morgan fingerprint density at radius 3 is 2.00 bits per heavy atom. The molecule has 1 heterocycles. The molecule has 0 atom stereocenters. The van der Waals surface area contributed by atoms with Gasteiger partial charge in [0.05, 0.1) is 18.2 Å². The fraction of sp³-hybridized carbons (Fsp3) is 0.291. The Kier molecular flexibility index (Phi) is 13.8. The van der Waals surface area contributed by atoms with E-state index in [1.165, 1.54) is 81.2 Å². The van der Waals surface area contributed by atoms with Crippen LogP contribution in [0.1, 0.15) is 118 Å². The Bertz CT molecular complexity index is 2640. The number of unbranched alkanes of at least 4 members (excludes halogenated alkanes) is 2. The van der Waals surface area contributed by atoms with Crippen LogP contribution >= 0.6 is 0 Å². The highest BCUT2D eigenvalue weighted by Gasteiger charge is 2.40. The Balaban J connectivity index is 1.04. The molecule has 0 N–H and O–H groups in total. The lowest BCUT2D eigenvalue weighted by Crippen LogP contribution is -2.35. The van der Waals surface area contributed by atoms with Crippen molar-refractivity contribution >= 4 is 34.8 Å². The molecule has 1 aliphatic heterocycles. The van der Waals surface area contributed by atoms with Gasteiger partial charge in [0.25, 0.3) is 0 Å². The molecule has 6 aromatic carbocycles. The summed E-state index contributed by atoms with van der Waals surface area (Å²) in [4.78, 5) is 48.2. The minimum absolute atomic E-state index is 0.144. The molecule has 8 rings (SSSR count). The molecule has 0 unspecified atom stereocenters. The summed E-state index contributed by atoms with van der Waals surface area (Å²) in [5.74, 6) is -1.27. The first-order valence-electron chi connectivity index (χ1n) is 22.3. The van der Waals surface area contributed by atoms with E-state index in [0.29, 0.717) is 50.3 Å². The maximum Gasteiger partial charge on any atom is 0.379 e. The Morgan fingerprint density at radius 2 is 1.37 bits per heavy atom. The van der Waals surface area contributed by atoms with Crippen molar-refractivity contribution in [3.63, 3.8) is 0 Å². The highest BCUT2D eigenvalue weighted by atomic mass is 19.1. The van der Waals surface area contributed by atoms with Gasteiger partial charge in [-0.05, 0) is 132 Å². The normalized spacial score (nSPS) is 16.3. The molecular formula is C55H52F2O8. The first-order chi connectivity index (χ1) is 31.6. The van der Waals surface area contributed by atoms with Gasteiger partial charge in [-0.3, -0.25) is 4.89 Å². The van der Waals surface area contributed by atoms with Crippen LogP contribution in [0, 0.1) is 24.5 Å². The number of hydrogen-bond acceptors (Lipinski definition) is 8. The van der Waals surface area contributed by atoms with Gasteiger partial charge in [-0.2, -0.15) is 4.89 Å². The molecule has 2 aliphatic rings. The van der Waals surface area contributed by atoms with E-state index in [1.807, 2.05) is 30.3 Å². The Labute approximate surface area is 378 Å². The molecule has 1 saturated carbocycles. The van der Waals surface area contributed by atoms with Crippen LogP contribution in [0.4, 0.5) is 8.78 Å². The molecule has 8 nitrogen and oxygen atoms in total. The number of halogens is 2. The van der Waals surface area contributed by atoms with Crippen LogP contribution < -0.4 is 4.74 Å². The molecule has 0 aromatic heterocycles. The van der Waals surface area contributed by atoms with Crippen molar-refractivity contribution < 1.29 is 47.2 Å². The number of hydrogen-bond donors (Lipinski definition) is 0. The smallest absolute Gasteiger partial charge is 0.379 e. The first-order valence-corrected chi connectivity index (χ1v) is 22.3. The van der Waals surface area contributed by atoms with Crippen molar-refractivity contribution in [2.45, 2.75) is 83.3 Å². The van der Waals surface area contributed by atoms with E-state index in [9.17, 15) is 23.2 Å². The third kappa shape index (κ3) is 9.88. The summed E-state index contributed by atoms with van der Waals surface area (Å²) in [7, 11) is 1.16. The fourth-order valence-electron chi connectivity index (χ4n) is 9.33. The number of carbonyl (C=O) groups excluding carboxylic acids is 3. The van der Waals surface area contributed by atoms with E-state index in [0.717, 1.165) is 29.7 Å². The summed E-state index contributed by atoms with van der Waals surface area (Å²) >= 11 is 0. The molecule has 334 valence electrons. The number of aryl methyl sites for hydroxylation is 1. The van der Waals surface area contributed by atoms with Crippen LogP contribution in [-0.4, -0.2) is 31.6 Å². The molecule has 6 aromatic rings. The average Bonchev–Trinajstić information content (AvgIpc) is 3.33. The number of carbonyl (C=O) groups is 3.